The monoisotopic (exact) mass is 153 g/mol. The highest BCUT2D eigenvalue weighted by Crippen LogP contribution is 2.20. The molecular weight excluding hydrogens is 138 g/mol. The second kappa shape index (κ2) is 3.56. The number of allylic oxidation sites excluding steroid dienone is 1. The zero-order valence-electron chi connectivity index (χ0n) is 7.18. The van der Waals surface area contributed by atoms with E-state index in [1.165, 1.54) is 5.57 Å². The lowest BCUT2D eigenvalue weighted by atomic mass is 9.94. The van der Waals surface area contributed by atoms with Gasteiger partial charge >= 0.3 is 0 Å². The van der Waals surface area contributed by atoms with Crippen molar-refractivity contribution in [2.45, 2.75) is 33.1 Å². The van der Waals surface area contributed by atoms with E-state index in [2.05, 4.69) is 19.2 Å². The summed E-state index contributed by atoms with van der Waals surface area (Å²) in [7, 11) is 0. The third kappa shape index (κ3) is 2.07. The van der Waals surface area contributed by atoms with Gasteiger partial charge in [-0.1, -0.05) is 19.4 Å². The molecule has 11 heavy (non-hydrogen) atoms. The zero-order valence-corrected chi connectivity index (χ0v) is 7.18. The summed E-state index contributed by atoms with van der Waals surface area (Å²) in [5.74, 6) is 0.771. The maximum absolute atomic E-state index is 10.8. The molecule has 0 aliphatic carbocycles. The molecule has 0 saturated carbocycles. The Morgan fingerprint density at radius 1 is 1.64 bits per heavy atom. The Morgan fingerprint density at radius 2 is 2.36 bits per heavy atom. The zero-order chi connectivity index (χ0) is 8.27. The van der Waals surface area contributed by atoms with E-state index in [1.807, 2.05) is 6.20 Å². The fraction of sp³-hybridized carbons (Fsp3) is 0.667. The van der Waals surface area contributed by atoms with Crippen molar-refractivity contribution < 1.29 is 4.79 Å². The van der Waals surface area contributed by atoms with Crippen molar-refractivity contribution in [1.82, 2.24) is 5.32 Å². The van der Waals surface area contributed by atoms with E-state index in [0.717, 1.165) is 12.8 Å². The van der Waals surface area contributed by atoms with Crippen LogP contribution in [0.3, 0.4) is 0 Å². The largest absolute Gasteiger partial charge is 0.333 e. The highest BCUT2D eigenvalue weighted by Gasteiger charge is 2.13. The molecule has 1 amide bonds. The third-order valence-corrected chi connectivity index (χ3v) is 2.30. The molecule has 2 nitrogen and oxygen atoms in total. The van der Waals surface area contributed by atoms with Crippen LogP contribution in [0.2, 0.25) is 0 Å². The second-order valence-electron chi connectivity index (χ2n) is 3.10. The van der Waals surface area contributed by atoms with Gasteiger partial charge in [0, 0.05) is 12.6 Å². The van der Waals surface area contributed by atoms with E-state index >= 15 is 0 Å². The van der Waals surface area contributed by atoms with E-state index in [9.17, 15) is 4.79 Å². The maximum Gasteiger partial charge on any atom is 0.224 e. The molecule has 0 fully saturated rings. The molecule has 1 rings (SSSR count). The molecule has 0 aromatic rings. The average Bonchev–Trinajstić information content (AvgIpc) is 2.05. The van der Waals surface area contributed by atoms with Crippen molar-refractivity contribution in [3.05, 3.63) is 11.8 Å². The minimum atomic E-state index is 0.150. The fourth-order valence-corrected chi connectivity index (χ4v) is 1.23. The van der Waals surface area contributed by atoms with E-state index in [4.69, 9.17) is 0 Å². The standard InChI is InChI=1S/C9H15NO/c1-3-7(2)8-4-5-9(11)10-6-8/h6-7H,3-5H2,1-2H3,(H,10,11)/t7-/m0/s1. The first kappa shape index (κ1) is 8.31. The Labute approximate surface area is 67.7 Å². The van der Waals surface area contributed by atoms with Gasteiger partial charge in [-0.2, -0.15) is 0 Å². The van der Waals surface area contributed by atoms with Crippen LogP contribution in [0.1, 0.15) is 33.1 Å². The molecule has 1 aliphatic rings. The molecule has 1 atom stereocenters. The molecule has 0 bridgehead atoms. The normalized spacial score (nSPS) is 20.5. The van der Waals surface area contributed by atoms with Crippen molar-refractivity contribution in [3.63, 3.8) is 0 Å². The number of rotatable bonds is 2. The molecule has 62 valence electrons. The van der Waals surface area contributed by atoms with Gasteiger partial charge in [0.1, 0.15) is 0 Å². The van der Waals surface area contributed by atoms with Crippen molar-refractivity contribution in [1.29, 1.82) is 0 Å². The van der Waals surface area contributed by atoms with Gasteiger partial charge in [-0.3, -0.25) is 4.79 Å². The van der Waals surface area contributed by atoms with E-state index in [0.29, 0.717) is 12.3 Å². The highest BCUT2D eigenvalue weighted by molar-refractivity contribution is 5.78. The molecule has 0 aromatic heterocycles. The van der Waals surface area contributed by atoms with E-state index in [1.54, 1.807) is 0 Å². The summed E-state index contributed by atoms with van der Waals surface area (Å²) in [6.07, 6.45) is 4.64. The fourth-order valence-electron chi connectivity index (χ4n) is 1.23. The predicted molar refractivity (Wildman–Crippen MR) is 44.9 cm³/mol. The third-order valence-electron chi connectivity index (χ3n) is 2.30. The van der Waals surface area contributed by atoms with Crippen LogP contribution < -0.4 is 5.32 Å². The minimum absolute atomic E-state index is 0.150. The van der Waals surface area contributed by atoms with Crippen LogP contribution in [0.5, 0.6) is 0 Å². The molecule has 0 unspecified atom stereocenters. The lowest BCUT2D eigenvalue weighted by Gasteiger charge is -2.17. The van der Waals surface area contributed by atoms with Gasteiger partial charge in [0.2, 0.25) is 5.91 Å². The number of carbonyl (C=O) groups is 1. The average molecular weight is 153 g/mol. The smallest absolute Gasteiger partial charge is 0.224 e. The first-order chi connectivity index (χ1) is 5.24. The molecule has 1 aliphatic heterocycles. The van der Waals surface area contributed by atoms with Gasteiger partial charge in [-0.15, -0.1) is 0 Å². The molecule has 1 heterocycles. The summed E-state index contributed by atoms with van der Waals surface area (Å²) in [5, 5.41) is 2.75. The Bertz CT molecular complexity index is 184. The van der Waals surface area contributed by atoms with Crippen LogP contribution in [-0.2, 0) is 4.79 Å². The molecule has 0 saturated heterocycles. The van der Waals surface area contributed by atoms with Crippen LogP contribution in [0.25, 0.3) is 0 Å². The number of hydrogen-bond acceptors (Lipinski definition) is 1. The number of nitrogens with one attached hydrogen (secondary N) is 1. The predicted octanol–water partition coefficient (Wildman–Crippen LogP) is 1.83. The van der Waals surface area contributed by atoms with Crippen LogP contribution in [0.15, 0.2) is 11.8 Å². The quantitative estimate of drug-likeness (QED) is 0.644. The van der Waals surface area contributed by atoms with E-state index in [-0.39, 0.29) is 5.91 Å². The Kier molecular flexibility index (Phi) is 2.69. The van der Waals surface area contributed by atoms with Gasteiger partial charge in [-0.25, -0.2) is 0 Å². The van der Waals surface area contributed by atoms with Crippen LogP contribution in [-0.4, -0.2) is 5.91 Å². The van der Waals surface area contributed by atoms with Gasteiger partial charge in [-0.05, 0) is 18.8 Å². The lowest BCUT2D eigenvalue weighted by molar-refractivity contribution is -0.120. The number of carbonyl (C=O) groups excluding carboxylic acids is 1. The highest BCUT2D eigenvalue weighted by atomic mass is 16.1. The molecular formula is C9H15NO. The Balaban J connectivity index is 2.53. The molecule has 1 N–H and O–H groups in total. The molecule has 0 aromatic carbocycles. The molecule has 0 spiro atoms. The summed E-state index contributed by atoms with van der Waals surface area (Å²) in [5.41, 5.74) is 1.38. The van der Waals surface area contributed by atoms with Gasteiger partial charge in [0.25, 0.3) is 0 Å². The first-order valence-electron chi connectivity index (χ1n) is 4.22. The molecule has 2 heteroatoms. The SMILES string of the molecule is CC[C@H](C)C1=CNC(=O)CC1. The van der Waals surface area contributed by atoms with Crippen molar-refractivity contribution in [2.24, 2.45) is 5.92 Å². The summed E-state index contributed by atoms with van der Waals surface area (Å²) < 4.78 is 0. The van der Waals surface area contributed by atoms with Crippen LogP contribution >= 0.6 is 0 Å². The Morgan fingerprint density at radius 3 is 2.82 bits per heavy atom. The van der Waals surface area contributed by atoms with Crippen molar-refractivity contribution >= 4 is 5.91 Å². The van der Waals surface area contributed by atoms with Gasteiger partial charge in [0.05, 0.1) is 0 Å². The van der Waals surface area contributed by atoms with Crippen molar-refractivity contribution in [3.8, 4) is 0 Å². The summed E-state index contributed by atoms with van der Waals surface area (Å²) in [6, 6.07) is 0. The topological polar surface area (TPSA) is 29.1 Å². The summed E-state index contributed by atoms with van der Waals surface area (Å²) in [6.45, 7) is 4.37. The lowest BCUT2D eigenvalue weighted by Crippen LogP contribution is -2.23. The maximum atomic E-state index is 10.8. The van der Waals surface area contributed by atoms with E-state index < -0.39 is 0 Å². The number of hydrogen-bond donors (Lipinski definition) is 1. The summed E-state index contributed by atoms with van der Waals surface area (Å²) in [4.78, 5) is 10.8. The van der Waals surface area contributed by atoms with Gasteiger partial charge < -0.3 is 5.32 Å². The summed E-state index contributed by atoms with van der Waals surface area (Å²) >= 11 is 0. The number of amides is 1. The van der Waals surface area contributed by atoms with Crippen LogP contribution in [0.4, 0.5) is 0 Å². The van der Waals surface area contributed by atoms with Crippen LogP contribution in [0, 0.1) is 5.92 Å². The van der Waals surface area contributed by atoms with Crippen molar-refractivity contribution in [2.75, 3.05) is 0 Å². The second-order valence-corrected chi connectivity index (χ2v) is 3.10. The first-order valence-corrected chi connectivity index (χ1v) is 4.22. The Hall–Kier alpha value is -0.790. The minimum Gasteiger partial charge on any atom is -0.333 e. The molecule has 0 radical (unpaired) electrons. The van der Waals surface area contributed by atoms with Gasteiger partial charge in [0.15, 0.2) is 0 Å².